The van der Waals surface area contributed by atoms with Crippen molar-refractivity contribution in [1.29, 1.82) is 0 Å². The van der Waals surface area contributed by atoms with Crippen LogP contribution in [0.5, 0.6) is 5.75 Å². The molecular formula is C17H21BrN2O. The van der Waals surface area contributed by atoms with Gasteiger partial charge in [-0.25, -0.2) is 0 Å². The van der Waals surface area contributed by atoms with E-state index in [1.165, 1.54) is 18.4 Å². The highest BCUT2D eigenvalue weighted by molar-refractivity contribution is 9.10. The third-order valence-corrected chi connectivity index (χ3v) is 4.50. The molecule has 1 fully saturated rings. The Kier molecular flexibility index (Phi) is 4.66. The van der Waals surface area contributed by atoms with E-state index in [0.717, 1.165) is 22.7 Å². The molecule has 1 N–H and O–H groups in total. The van der Waals surface area contributed by atoms with Gasteiger partial charge in [0.15, 0.2) is 0 Å². The summed E-state index contributed by atoms with van der Waals surface area (Å²) in [6.45, 7) is 1.56. The molecule has 1 aromatic heterocycles. The van der Waals surface area contributed by atoms with Crippen molar-refractivity contribution in [2.45, 2.75) is 25.4 Å². The van der Waals surface area contributed by atoms with E-state index >= 15 is 0 Å². The lowest BCUT2D eigenvalue weighted by atomic mass is 10.1. The topological polar surface area (TPSA) is 26.2 Å². The number of hydrogen-bond acceptors (Lipinski definition) is 2. The number of nitrogens with one attached hydrogen (secondary N) is 1. The average molecular weight is 349 g/mol. The molecule has 4 heteroatoms. The van der Waals surface area contributed by atoms with Crippen LogP contribution >= 0.6 is 15.9 Å². The molecule has 0 bridgehead atoms. The second kappa shape index (κ2) is 6.67. The second-order valence-electron chi connectivity index (χ2n) is 5.59. The van der Waals surface area contributed by atoms with Crippen LogP contribution in [0.1, 0.15) is 24.4 Å². The molecule has 0 saturated heterocycles. The summed E-state index contributed by atoms with van der Waals surface area (Å²) in [5.41, 5.74) is 1.39. The van der Waals surface area contributed by atoms with Gasteiger partial charge in [-0.2, -0.15) is 0 Å². The fourth-order valence-corrected chi connectivity index (χ4v) is 2.95. The first-order valence-electron chi connectivity index (χ1n) is 7.47. The number of hydrogen-bond donors (Lipinski definition) is 1. The van der Waals surface area contributed by atoms with E-state index in [0.29, 0.717) is 12.6 Å². The van der Waals surface area contributed by atoms with Crippen LogP contribution < -0.4 is 10.1 Å². The van der Waals surface area contributed by atoms with Gasteiger partial charge in [0.2, 0.25) is 0 Å². The number of halogens is 1. The number of rotatable bonds is 7. The zero-order chi connectivity index (χ0) is 14.7. The van der Waals surface area contributed by atoms with Crippen LogP contribution in [0.3, 0.4) is 0 Å². The summed E-state index contributed by atoms with van der Waals surface area (Å²) in [6.07, 6.45) is 7.09. The van der Waals surface area contributed by atoms with Gasteiger partial charge in [-0.1, -0.05) is 15.9 Å². The summed E-state index contributed by atoms with van der Waals surface area (Å²) in [4.78, 5) is 0. The highest BCUT2D eigenvalue weighted by Gasteiger charge is 2.31. The third-order valence-electron chi connectivity index (χ3n) is 3.97. The van der Waals surface area contributed by atoms with Crippen molar-refractivity contribution in [3.63, 3.8) is 0 Å². The first-order valence-corrected chi connectivity index (χ1v) is 8.27. The Morgan fingerprint density at radius 3 is 2.71 bits per heavy atom. The largest absolute Gasteiger partial charge is 0.492 e. The molecule has 1 unspecified atom stereocenters. The van der Waals surface area contributed by atoms with Crippen molar-refractivity contribution >= 4 is 15.9 Å². The van der Waals surface area contributed by atoms with Gasteiger partial charge in [-0.05, 0) is 61.7 Å². The van der Waals surface area contributed by atoms with Gasteiger partial charge in [-0.15, -0.1) is 0 Å². The Morgan fingerprint density at radius 1 is 1.29 bits per heavy atom. The van der Waals surface area contributed by atoms with Crippen LogP contribution in [0.2, 0.25) is 0 Å². The van der Waals surface area contributed by atoms with E-state index in [1.807, 2.05) is 24.3 Å². The predicted molar refractivity (Wildman–Crippen MR) is 88.6 cm³/mol. The molecule has 1 heterocycles. The highest BCUT2D eigenvalue weighted by Crippen LogP contribution is 2.40. The molecular weight excluding hydrogens is 328 g/mol. The zero-order valence-corrected chi connectivity index (χ0v) is 13.8. The van der Waals surface area contributed by atoms with Gasteiger partial charge in [-0.3, -0.25) is 0 Å². The minimum absolute atomic E-state index is 0.513. The lowest BCUT2D eigenvalue weighted by molar-refractivity contribution is 0.298. The summed E-state index contributed by atoms with van der Waals surface area (Å²) < 4.78 is 9.05. The molecule has 1 aliphatic rings. The summed E-state index contributed by atoms with van der Waals surface area (Å²) in [6, 6.07) is 10.7. The second-order valence-corrected chi connectivity index (χ2v) is 6.50. The summed E-state index contributed by atoms with van der Waals surface area (Å²) >= 11 is 3.42. The van der Waals surface area contributed by atoms with E-state index in [9.17, 15) is 0 Å². The minimum atomic E-state index is 0.513. The van der Waals surface area contributed by atoms with Crippen molar-refractivity contribution in [1.82, 2.24) is 9.88 Å². The van der Waals surface area contributed by atoms with Crippen molar-refractivity contribution in [3.8, 4) is 5.75 Å². The Hall–Kier alpha value is -1.26. The van der Waals surface area contributed by atoms with Crippen LogP contribution in [-0.4, -0.2) is 18.2 Å². The van der Waals surface area contributed by atoms with Crippen LogP contribution in [0, 0.1) is 5.92 Å². The molecule has 21 heavy (non-hydrogen) atoms. The maximum Gasteiger partial charge on any atom is 0.119 e. The smallest absolute Gasteiger partial charge is 0.119 e. The lowest BCUT2D eigenvalue weighted by Crippen LogP contribution is -2.17. The fourth-order valence-electron chi connectivity index (χ4n) is 2.69. The van der Waals surface area contributed by atoms with Crippen LogP contribution in [0.15, 0.2) is 47.2 Å². The van der Waals surface area contributed by atoms with E-state index in [-0.39, 0.29) is 0 Å². The van der Waals surface area contributed by atoms with Crippen molar-refractivity contribution < 1.29 is 4.74 Å². The minimum Gasteiger partial charge on any atom is -0.492 e. The number of aromatic nitrogens is 1. The molecule has 0 radical (unpaired) electrons. The molecule has 1 aromatic carbocycles. The molecule has 1 aliphatic carbocycles. The van der Waals surface area contributed by atoms with Gasteiger partial charge in [0.1, 0.15) is 12.4 Å². The normalized spacial score (nSPS) is 15.9. The lowest BCUT2D eigenvalue weighted by Gasteiger charge is -2.13. The number of nitrogens with zero attached hydrogens (tertiary/aromatic N) is 1. The van der Waals surface area contributed by atoms with Crippen LogP contribution in [0.4, 0.5) is 0 Å². The Morgan fingerprint density at radius 2 is 2.05 bits per heavy atom. The van der Waals surface area contributed by atoms with Crippen LogP contribution in [-0.2, 0) is 6.54 Å². The number of ether oxygens (including phenoxy) is 1. The average Bonchev–Trinajstić information content (AvgIpc) is 3.21. The Bertz CT molecular complexity index is 575. The fraction of sp³-hybridized carbons (Fsp3) is 0.412. The molecule has 3 nitrogen and oxygen atoms in total. The van der Waals surface area contributed by atoms with Crippen LogP contribution in [0.25, 0.3) is 0 Å². The van der Waals surface area contributed by atoms with Gasteiger partial charge in [0.05, 0.1) is 6.54 Å². The maximum atomic E-state index is 5.76. The van der Waals surface area contributed by atoms with Gasteiger partial charge in [0.25, 0.3) is 0 Å². The first-order chi connectivity index (χ1) is 10.3. The Balaban J connectivity index is 1.51. The highest BCUT2D eigenvalue weighted by atomic mass is 79.9. The third kappa shape index (κ3) is 3.89. The molecule has 1 saturated carbocycles. The molecule has 0 spiro atoms. The SMILES string of the molecule is CNC(c1ccn(CCOc2ccc(Br)cc2)c1)C1CC1. The van der Waals surface area contributed by atoms with Crippen molar-refractivity contribution in [2.75, 3.05) is 13.7 Å². The molecule has 0 amide bonds. The summed E-state index contributed by atoms with van der Waals surface area (Å²) in [5.74, 6) is 1.74. The van der Waals surface area contributed by atoms with E-state index in [4.69, 9.17) is 4.74 Å². The molecule has 3 rings (SSSR count). The summed E-state index contributed by atoms with van der Waals surface area (Å²) in [5, 5.41) is 3.43. The summed E-state index contributed by atoms with van der Waals surface area (Å²) in [7, 11) is 2.05. The monoisotopic (exact) mass is 348 g/mol. The molecule has 0 aliphatic heterocycles. The number of benzene rings is 1. The van der Waals surface area contributed by atoms with Gasteiger partial charge in [0, 0.05) is 22.9 Å². The molecule has 112 valence electrons. The molecule has 2 aromatic rings. The maximum absolute atomic E-state index is 5.76. The quantitative estimate of drug-likeness (QED) is 0.818. The van der Waals surface area contributed by atoms with Gasteiger partial charge < -0.3 is 14.6 Å². The van der Waals surface area contributed by atoms with Crippen molar-refractivity contribution in [2.24, 2.45) is 5.92 Å². The van der Waals surface area contributed by atoms with Crippen molar-refractivity contribution in [3.05, 3.63) is 52.8 Å². The van der Waals surface area contributed by atoms with Gasteiger partial charge >= 0.3 is 0 Å². The van der Waals surface area contributed by atoms with E-state index in [1.54, 1.807) is 0 Å². The molecule has 1 atom stereocenters. The van der Waals surface area contributed by atoms with E-state index in [2.05, 4.69) is 51.3 Å². The van der Waals surface area contributed by atoms with E-state index < -0.39 is 0 Å². The first kappa shape index (κ1) is 14.7. The standard InChI is InChI=1S/C17H21BrN2O/c1-19-17(13-2-3-13)14-8-9-20(12-14)10-11-21-16-6-4-15(18)5-7-16/h4-9,12-13,17,19H,2-3,10-11H2,1H3. The Labute approximate surface area is 134 Å². The zero-order valence-electron chi connectivity index (χ0n) is 12.3. The predicted octanol–water partition coefficient (Wildman–Crippen LogP) is 4.00.